The summed E-state index contributed by atoms with van der Waals surface area (Å²) in [6.45, 7) is 0.437. The highest BCUT2D eigenvalue weighted by Crippen LogP contribution is 2.25. The van der Waals surface area contributed by atoms with Gasteiger partial charge in [0.2, 0.25) is 6.41 Å². The Morgan fingerprint density at radius 1 is 1.09 bits per heavy atom. The molecule has 0 aliphatic heterocycles. The summed E-state index contributed by atoms with van der Waals surface area (Å²) in [5.74, 6) is -0.157. The average Bonchev–Trinajstić information content (AvgIpc) is 2.53. The van der Waals surface area contributed by atoms with Crippen LogP contribution in [0.15, 0.2) is 42.5 Å². The van der Waals surface area contributed by atoms with Gasteiger partial charge in [-0.05, 0) is 24.3 Å². The Hall–Kier alpha value is -2.56. The summed E-state index contributed by atoms with van der Waals surface area (Å²) in [7, 11) is 0. The van der Waals surface area contributed by atoms with Crippen LogP contribution in [0.3, 0.4) is 0 Å². The van der Waals surface area contributed by atoms with E-state index in [1.165, 1.54) is 5.06 Å². The van der Waals surface area contributed by atoms with Crippen LogP contribution in [0.25, 0.3) is 10.8 Å². The molecule has 22 heavy (non-hydrogen) atoms. The zero-order valence-corrected chi connectivity index (χ0v) is 12.3. The summed E-state index contributed by atoms with van der Waals surface area (Å²) in [6, 6.07) is 13.5. The maximum Gasteiger partial charge on any atom is 0.303 e. The van der Waals surface area contributed by atoms with Crippen molar-refractivity contribution in [3.63, 3.8) is 0 Å². The minimum Gasteiger partial charge on any atom is -0.481 e. The van der Waals surface area contributed by atoms with E-state index in [4.69, 9.17) is 9.94 Å². The summed E-state index contributed by atoms with van der Waals surface area (Å²) < 4.78 is 0. The van der Waals surface area contributed by atoms with Gasteiger partial charge in [-0.25, -0.2) is 0 Å². The molecule has 0 saturated heterocycles. The Bertz CT molecular complexity index is 636. The second kappa shape index (κ2) is 8.02. The molecule has 0 atom stereocenters. The second-order valence-corrected chi connectivity index (χ2v) is 5.02. The third-order valence-electron chi connectivity index (χ3n) is 3.35. The quantitative estimate of drug-likeness (QED) is 0.438. The van der Waals surface area contributed by atoms with Crippen molar-refractivity contribution < 1.29 is 19.5 Å². The third kappa shape index (κ3) is 4.48. The van der Waals surface area contributed by atoms with Crippen molar-refractivity contribution in [1.82, 2.24) is 5.06 Å². The Labute approximate surface area is 129 Å². The van der Waals surface area contributed by atoms with E-state index in [0.29, 0.717) is 31.5 Å². The zero-order valence-electron chi connectivity index (χ0n) is 12.3. The Kier molecular flexibility index (Phi) is 5.77. The van der Waals surface area contributed by atoms with Crippen molar-refractivity contribution in [3.8, 4) is 5.75 Å². The van der Waals surface area contributed by atoms with Gasteiger partial charge in [0.25, 0.3) is 0 Å². The summed E-state index contributed by atoms with van der Waals surface area (Å²) >= 11 is 0. The van der Waals surface area contributed by atoms with E-state index in [1.807, 2.05) is 42.5 Å². The van der Waals surface area contributed by atoms with Crippen LogP contribution in [-0.4, -0.2) is 29.1 Å². The number of carboxylic acids is 1. The lowest BCUT2D eigenvalue weighted by Gasteiger charge is -2.18. The van der Waals surface area contributed by atoms with E-state index in [9.17, 15) is 9.59 Å². The molecule has 2 rings (SSSR count). The first-order valence-corrected chi connectivity index (χ1v) is 7.30. The van der Waals surface area contributed by atoms with E-state index in [1.54, 1.807) is 0 Å². The summed E-state index contributed by atoms with van der Waals surface area (Å²) in [4.78, 5) is 27.2. The number of aliphatic carboxylic acids is 1. The monoisotopic (exact) mass is 301 g/mol. The molecule has 0 aromatic heterocycles. The summed E-state index contributed by atoms with van der Waals surface area (Å²) in [5, 5.41) is 11.8. The van der Waals surface area contributed by atoms with Crippen LogP contribution < -0.4 is 4.84 Å². The van der Waals surface area contributed by atoms with Crippen LogP contribution in [0.1, 0.15) is 25.7 Å². The lowest BCUT2D eigenvalue weighted by atomic mass is 10.1. The molecule has 0 aliphatic rings. The maximum atomic E-state index is 11.1. The number of rotatable bonds is 9. The number of amides is 1. The fraction of sp³-hybridized carbons (Fsp3) is 0.294. The van der Waals surface area contributed by atoms with Crippen molar-refractivity contribution in [1.29, 1.82) is 0 Å². The largest absolute Gasteiger partial charge is 0.481 e. The first-order chi connectivity index (χ1) is 10.7. The smallest absolute Gasteiger partial charge is 0.303 e. The highest BCUT2D eigenvalue weighted by atomic mass is 16.7. The predicted octanol–water partition coefficient (Wildman–Crippen LogP) is 3.24. The molecular formula is C17H19NO4. The van der Waals surface area contributed by atoms with E-state index in [2.05, 4.69) is 0 Å². The maximum absolute atomic E-state index is 11.1. The van der Waals surface area contributed by atoms with Crippen LogP contribution in [0.2, 0.25) is 0 Å². The Morgan fingerprint density at radius 3 is 2.64 bits per heavy atom. The van der Waals surface area contributed by atoms with Crippen molar-refractivity contribution in [2.45, 2.75) is 25.7 Å². The lowest BCUT2D eigenvalue weighted by Crippen LogP contribution is -2.27. The molecule has 0 aliphatic carbocycles. The number of fused-ring (bicyclic) bond motifs is 1. The van der Waals surface area contributed by atoms with Gasteiger partial charge in [-0.15, -0.1) is 0 Å². The fourth-order valence-electron chi connectivity index (χ4n) is 2.24. The van der Waals surface area contributed by atoms with Crippen LogP contribution in [0, 0.1) is 0 Å². The topological polar surface area (TPSA) is 66.8 Å². The Morgan fingerprint density at radius 2 is 1.86 bits per heavy atom. The van der Waals surface area contributed by atoms with Crippen molar-refractivity contribution in [2.24, 2.45) is 0 Å². The van der Waals surface area contributed by atoms with Gasteiger partial charge in [-0.3, -0.25) is 9.59 Å². The molecule has 5 heteroatoms. The second-order valence-electron chi connectivity index (χ2n) is 5.02. The highest BCUT2D eigenvalue weighted by Gasteiger charge is 2.07. The van der Waals surface area contributed by atoms with Crippen LogP contribution >= 0.6 is 0 Å². The molecule has 116 valence electrons. The van der Waals surface area contributed by atoms with Gasteiger partial charge in [0.05, 0.1) is 6.54 Å². The van der Waals surface area contributed by atoms with Crippen LogP contribution in [-0.2, 0) is 9.59 Å². The van der Waals surface area contributed by atoms with Gasteiger partial charge in [-0.2, -0.15) is 5.06 Å². The zero-order chi connectivity index (χ0) is 15.8. The standard InChI is InChI=1S/C17H19NO4/c19-13-18(12-5-1-2-11-17(20)21)22-16-10-6-8-14-7-3-4-9-15(14)16/h3-4,6-10,13H,1-2,5,11-12H2,(H,20,21). The van der Waals surface area contributed by atoms with E-state index in [0.717, 1.165) is 17.2 Å². The lowest BCUT2D eigenvalue weighted by molar-refractivity contribution is -0.142. The number of nitrogens with zero attached hydrogens (tertiary/aromatic N) is 1. The number of carbonyl (C=O) groups is 2. The molecule has 0 saturated carbocycles. The SMILES string of the molecule is O=CN(CCCCCC(=O)O)Oc1cccc2ccccc12. The number of hydrogen-bond acceptors (Lipinski definition) is 3. The fourth-order valence-corrected chi connectivity index (χ4v) is 2.24. The number of hydrogen-bond donors (Lipinski definition) is 1. The molecule has 0 heterocycles. The van der Waals surface area contributed by atoms with Crippen molar-refractivity contribution in [2.75, 3.05) is 6.54 Å². The minimum absolute atomic E-state index is 0.158. The first-order valence-electron chi connectivity index (χ1n) is 7.30. The number of carbonyl (C=O) groups excluding carboxylic acids is 1. The van der Waals surface area contributed by atoms with Crippen LogP contribution in [0.4, 0.5) is 0 Å². The molecule has 0 bridgehead atoms. The normalized spacial score (nSPS) is 10.4. The van der Waals surface area contributed by atoms with Crippen LogP contribution in [0.5, 0.6) is 5.75 Å². The van der Waals surface area contributed by atoms with Gasteiger partial charge in [0.15, 0.2) is 5.75 Å². The van der Waals surface area contributed by atoms with E-state index in [-0.39, 0.29) is 6.42 Å². The molecular weight excluding hydrogens is 282 g/mol. The molecule has 0 fully saturated rings. The number of unbranched alkanes of at least 4 members (excludes halogenated alkanes) is 2. The van der Waals surface area contributed by atoms with Gasteiger partial charge in [0.1, 0.15) is 0 Å². The molecule has 0 unspecified atom stereocenters. The molecule has 1 N–H and O–H groups in total. The average molecular weight is 301 g/mol. The molecule has 1 amide bonds. The van der Waals surface area contributed by atoms with Gasteiger partial charge in [0, 0.05) is 11.8 Å². The van der Waals surface area contributed by atoms with Gasteiger partial charge in [-0.1, -0.05) is 42.8 Å². The highest BCUT2D eigenvalue weighted by molar-refractivity contribution is 5.88. The van der Waals surface area contributed by atoms with E-state index >= 15 is 0 Å². The molecule has 0 spiro atoms. The van der Waals surface area contributed by atoms with Crippen molar-refractivity contribution >= 4 is 23.2 Å². The molecule has 5 nitrogen and oxygen atoms in total. The number of benzene rings is 2. The van der Waals surface area contributed by atoms with E-state index < -0.39 is 5.97 Å². The van der Waals surface area contributed by atoms with Gasteiger partial charge >= 0.3 is 5.97 Å². The third-order valence-corrected chi connectivity index (χ3v) is 3.35. The molecule has 2 aromatic rings. The Balaban J connectivity index is 1.92. The first kappa shape index (κ1) is 15.8. The van der Waals surface area contributed by atoms with Gasteiger partial charge < -0.3 is 9.94 Å². The molecule has 2 aromatic carbocycles. The summed E-state index contributed by atoms with van der Waals surface area (Å²) in [6.07, 6.45) is 2.87. The number of carboxylic acid groups (broad SMARTS) is 1. The molecule has 0 radical (unpaired) electrons. The summed E-state index contributed by atoms with van der Waals surface area (Å²) in [5.41, 5.74) is 0. The van der Waals surface area contributed by atoms with Crippen molar-refractivity contribution in [3.05, 3.63) is 42.5 Å². The minimum atomic E-state index is -0.792. The number of hydroxylamine groups is 2. The predicted molar refractivity (Wildman–Crippen MR) is 83.4 cm³/mol.